The molecular formula is C16H14BrNO4S. The number of primary amides is 1. The lowest BCUT2D eigenvalue weighted by molar-refractivity contribution is -0.132. The first-order valence-corrected chi connectivity index (χ1v) is 8.73. The number of fused-ring (bicyclic) bond motifs is 1. The summed E-state index contributed by atoms with van der Waals surface area (Å²) in [4.78, 5) is 35.8. The molecule has 0 bridgehead atoms. The van der Waals surface area contributed by atoms with Crippen molar-refractivity contribution >= 4 is 55.0 Å². The summed E-state index contributed by atoms with van der Waals surface area (Å²) in [6.45, 7) is 1.32. The van der Waals surface area contributed by atoms with Crippen LogP contribution < -0.4 is 10.5 Å². The van der Waals surface area contributed by atoms with Gasteiger partial charge in [-0.25, -0.2) is 0 Å². The quantitative estimate of drug-likeness (QED) is 0.621. The summed E-state index contributed by atoms with van der Waals surface area (Å²) in [5.74, 6) is -0.326. The molecule has 3 rings (SSSR count). The largest absolute Gasteiger partial charge is 0.425 e. The van der Waals surface area contributed by atoms with Gasteiger partial charge in [0.05, 0.1) is 10.0 Å². The van der Waals surface area contributed by atoms with E-state index >= 15 is 0 Å². The van der Waals surface area contributed by atoms with Crippen LogP contribution in [0.2, 0.25) is 0 Å². The van der Waals surface area contributed by atoms with Crippen molar-refractivity contribution in [3.05, 3.63) is 27.0 Å². The summed E-state index contributed by atoms with van der Waals surface area (Å²) in [6.07, 6.45) is 2.08. The molecule has 2 N–H and O–H groups in total. The average molecular weight is 396 g/mol. The molecule has 23 heavy (non-hydrogen) atoms. The highest BCUT2D eigenvalue weighted by atomic mass is 79.9. The molecule has 5 nitrogen and oxygen atoms in total. The van der Waals surface area contributed by atoms with E-state index in [4.69, 9.17) is 10.5 Å². The molecule has 1 aliphatic rings. The molecule has 2 aromatic rings. The Hall–Kier alpha value is -1.73. The number of amides is 1. The van der Waals surface area contributed by atoms with Crippen LogP contribution >= 0.6 is 27.3 Å². The number of hydrogen-bond acceptors (Lipinski definition) is 5. The number of hydrogen-bond donors (Lipinski definition) is 1. The van der Waals surface area contributed by atoms with Crippen molar-refractivity contribution in [3.8, 4) is 5.75 Å². The van der Waals surface area contributed by atoms with Crippen LogP contribution in [-0.4, -0.2) is 17.7 Å². The monoisotopic (exact) mass is 395 g/mol. The molecule has 120 valence electrons. The number of ether oxygens (including phenoxy) is 1. The molecule has 0 aliphatic heterocycles. The Morgan fingerprint density at radius 3 is 2.61 bits per heavy atom. The maximum absolute atomic E-state index is 12.1. The van der Waals surface area contributed by atoms with E-state index in [2.05, 4.69) is 15.9 Å². The van der Waals surface area contributed by atoms with E-state index in [0.717, 1.165) is 17.5 Å². The van der Waals surface area contributed by atoms with Crippen molar-refractivity contribution in [3.63, 3.8) is 0 Å². The van der Waals surface area contributed by atoms with Crippen LogP contribution in [0.3, 0.4) is 0 Å². The minimum Gasteiger partial charge on any atom is -0.425 e. The molecular weight excluding hydrogens is 382 g/mol. The summed E-state index contributed by atoms with van der Waals surface area (Å²) in [6, 6.07) is 3.39. The smallest absolute Gasteiger partial charge is 0.308 e. The van der Waals surface area contributed by atoms with Crippen molar-refractivity contribution in [2.75, 3.05) is 0 Å². The van der Waals surface area contributed by atoms with Gasteiger partial charge in [0.1, 0.15) is 11.5 Å². The Balaban J connectivity index is 2.08. The highest BCUT2D eigenvalue weighted by Gasteiger charge is 2.31. The van der Waals surface area contributed by atoms with Gasteiger partial charge in [-0.1, -0.05) is 0 Å². The average Bonchev–Trinajstić information content (AvgIpc) is 3.22. The van der Waals surface area contributed by atoms with E-state index in [1.54, 1.807) is 12.1 Å². The number of halogens is 1. The Morgan fingerprint density at radius 1 is 1.35 bits per heavy atom. The van der Waals surface area contributed by atoms with E-state index < -0.39 is 11.9 Å². The Bertz CT molecular complexity index is 838. The van der Waals surface area contributed by atoms with Crippen molar-refractivity contribution in [2.24, 2.45) is 11.7 Å². The molecule has 1 saturated carbocycles. The molecule has 1 amide bonds. The molecule has 0 saturated heterocycles. The van der Waals surface area contributed by atoms with Crippen LogP contribution in [0.25, 0.3) is 10.1 Å². The fourth-order valence-electron chi connectivity index (χ4n) is 2.48. The van der Waals surface area contributed by atoms with Crippen LogP contribution in [0, 0.1) is 5.92 Å². The zero-order valence-electron chi connectivity index (χ0n) is 12.3. The molecule has 1 aliphatic carbocycles. The second-order valence-corrected chi connectivity index (χ2v) is 7.55. The Kier molecular flexibility index (Phi) is 4.25. The molecule has 1 fully saturated rings. The maximum atomic E-state index is 12.1. The van der Waals surface area contributed by atoms with Gasteiger partial charge in [-0.05, 0) is 40.9 Å². The predicted molar refractivity (Wildman–Crippen MR) is 90.8 cm³/mol. The first-order valence-electron chi connectivity index (χ1n) is 7.12. The molecule has 1 aromatic heterocycles. The second-order valence-electron chi connectivity index (χ2n) is 5.55. The Labute approximate surface area is 144 Å². The van der Waals surface area contributed by atoms with E-state index in [1.165, 1.54) is 18.3 Å². The maximum Gasteiger partial charge on any atom is 0.308 e. The number of nitrogens with two attached hydrogens (primary N) is 1. The van der Waals surface area contributed by atoms with Crippen LogP contribution in [-0.2, 0) is 16.0 Å². The van der Waals surface area contributed by atoms with E-state index in [9.17, 15) is 14.4 Å². The number of benzene rings is 1. The first-order chi connectivity index (χ1) is 10.9. The number of ketones is 1. The third-order valence-corrected chi connectivity index (χ3v) is 5.46. The molecule has 0 atom stereocenters. The van der Waals surface area contributed by atoms with Gasteiger partial charge in [0, 0.05) is 34.2 Å². The summed E-state index contributed by atoms with van der Waals surface area (Å²) >= 11 is 4.67. The fourth-order valence-corrected chi connectivity index (χ4v) is 4.14. The number of carbonyl (C=O) groups is 3. The standard InChI is InChI=1S/C16H14BrNO4S/c1-7(19)22-12-6-13-9(4-10(12)17)15(16(18)21)14(23-13)5-11(20)8-2-3-8/h4,6,8H,2-3,5H2,1H3,(H2,18,21). The van der Waals surface area contributed by atoms with E-state index in [-0.39, 0.29) is 18.1 Å². The Morgan fingerprint density at radius 2 is 2.04 bits per heavy atom. The van der Waals surface area contributed by atoms with E-state index in [0.29, 0.717) is 26.0 Å². The number of carbonyl (C=O) groups excluding carboxylic acids is 3. The van der Waals surface area contributed by atoms with Crippen LogP contribution in [0.1, 0.15) is 35.0 Å². The number of Topliss-reactive ketones (excluding diaryl/α,β-unsaturated/α-hetero) is 1. The highest BCUT2D eigenvalue weighted by molar-refractivity contribution is 9.10. The molecule has 0 radical (unpaired) electrons. The topological polar surface area (TPSA) is 86.5 Å². The number of rotatable bonds is 5. The second kappa shape index (κ2) is 6.05. The van der Waals surface area contributed by atoms with Crippen molar-refractivity contribution in [1.29, 1.82) is 0 Å². The zero-order valence-corrected chi connectivity index (χ0v) is 14.8. The van der Waals surface area contributed by atoms with Gasteiger partial charge in [0.25, 0.3) is 0 Å². The molecule has 7 heteroatoms. The zero-order chi connectivity index (χ0) is 16.7. The SMILES string of the molecule is CC(=O)Oc1cc2sc(CC(=O)C3CC3)c(C(N)=O)c2cc1Br. The number of thiophene rings is 1. The van der Waals surface area contributed by atoms with Crippen LogP contribution in [0.4, 0.5) is 0 Å². The molecule has 0 spiro atoms. The third kappa shape index (κ3) is 3.30. The van der Waals surface area contributed by atoms with Crippen molar-refractivity contribution in [2.45, 2.75) is 26.2 Å². The number of esters is 1. The molecule has 1 aromatic carbocycles. The minimum atomic E-state index is -0.554. The van der Waals surface area contributed by atoms with Gasteiger partial charge >= 0.3 is 5.97 Å². The van der Waals surface area contributed by atoms with Gasteiger partial charge in [-0.15, -0.1) is 11.3 Å². The van der Waals surface area contributed by atoms with Gasteiger partial charge in [0.2, 0.25) is 5.91 Å². The van der Waals surface area contributed by atoms with Gasteiger partial charge in [-0.3, -0.25) is 14.4 Å². The lowest BCUT2D eigenvalue weighted by Gasteiger charge is -2.04. The van der Waals surface area contributed by atoms with Crippen molar-refractivity contribution in [1.82, 2.24) is 0 Å². The lowest BCUT2D eigenvalue weighted by atomic mass is 10.1. The van der Waals surface area contributed by atoms with Crippen molar-refractivity contribution < 1.29 is 19.1 Å². The first kappa shape index (κ1) is 16.1. The normalized spacial score (nSPS) is 14.0. The van der Waals surface area contributed by atoms with E-state index in [1.807, 2.05) is 0 Å². The summed E-state index contributed by atoms with van der Waals surface area (Å²) in [5, 5.41) is 0.670. The predicted octanol–water partition coefficient (Wildman–Crippen LogP) is 3.21. The van der Waals surface area contributed by atoms with Crippen LogP contribution in [0.5, 0.6) is 5.75 Å². The highest BCUT2D eigenvalue weighted by Crippen LogP contribution is 2.40. The summed E-state index contributed by atoms with van der Waals surface area (Å²) in [7, 11) is 0. The van der Waals surface area contributed by atoms with Gasteiger partial charge < -0.3 is 10.5 Å². The summed E-state index contributed by atoms with van der Waals surface area (Å²) < 4.78 is 6.45. The molecule has 0 unspecified atom stereocenters. The van der Waals surface area contributed by atoms with Gasteiger partial charge in [0.15, 0.2) is 0 Å². The minimum absolute atomic E-state index is 0.129. The fraction of sp³-hybridized carbons (Fsp3) is 0.312. The third-order valence-electron chi connectivity index (χ3n) is 3.68. The lowest BCUT2D eigenvalue weighted by Crippen LogP contribution is -2.14. The van der Waals surface area contributed by atoms with Gasteiger partial charge in [-0.2, -0.15) is 0 Å². The van der Waals surface area contributed by atoms with Crippen LogP contribution in [0.15, 0.2) is 16.6 Å². The summed E-state index contributed by atoms with van der Waals surface area (Å²) in [5.41, 5.74) is 5.90. The molecule has 1 heterocycles.